The maximum absolute atomic E-state index is 11.8. The Bertz CT molecular complexity index is 626. The van der Waals surface area contributed by atoms with Crippen molar-refractivity contribution in [3.05, 3.63) is 22.7 Å². The molecule has 1 aromatic carbocycles. The van der Waals surface area contributed by atoms with Crippen LogP contribution in [0.5, 0.6) is 0 Å². The van der Waals surface area contributed by atoms with Gasteiger partial charge in [0, 0.05) is 11.1 Å². The quantitative estimate of drug-likeness (QED) is 0.837. The van der Waals surface area contributed by atoms with E-state index in [1.165, 1.54) is 11.8 Å². The highest BCUT2D eigenvalue weighted by atomic mass is 79.9. The predicted octanol–water partition coefficient (Wildman–Crippen LogP) is 3.06. The van der Waals surface area contributed by atoms with Crippen LogP contribution in [0, 0.1) is 0 Å². The highest BCUT2D eigenvalue weighted by molar-refractivity contribution is 9.10. The van der Waals surface area contributed by atoms with E-state index in [0.29, 0.717) is 12.4 Å². The third-order valence-electron chi connectivity index (χ3n) is 2.95. The molecule has 0 unspecified atom stereocenters. The largest absolute Gasteiger partial charge is 0.379 e. The molecule has 20 heavy (non-hydrogen) atoms. The standard InChI is InChI=1S/C13H13BrN2O2S2/c14-8-1-2-10-11(5-8)20-13(16-10)19-7-12(17)15-9-3-4-18-6-9/h1-2,5,9H,3-4,6-7H2,(H,15,17)/t9-/m1/s1. The van der Waals surface area contributed by atoms with Crippen LogP contribution in [0.2, 0.25) is 0 Å². The minimum Gasteiger partial charge on any atom is -0.379 e. The van der Waals surface area contributed by atoms with Crippen LogP contribution in [0.25, 0.3) is 10.2 Å². The molecule has 0 saturated carbocycles. The topological polar surface area (TPSA) is 51.2 Å². The lowest BCUT2D eigenvalue weighted by Gasteiger charge is -2.09. The van der Waals surface area contributed by atoms with E-state index in [1.807, 2.05) is 18.2 Å². The van der Waals surface area contributed by atoms with E-state index in [9.17, 15) is 4.79 Å². The Balaban J connectivity index is 1.57. The van der Waals surface area contributed by atoms with E-state index in [1.54, 1.807) is 11.3 Å². The maximum Gasteiger partial charge on any atom is 0.230 e. The number of fused-ring (bicyclic) bond motifs is 1. The highest BCUT2D eigenvalue weighted by Gasteiger charge is 2.18. The number of thioether (sulfide) groups is 1. The molecule has 7 heteroatoms. The summed E-state index contributed by atoms with van der Waals surface area (Å²) in [5, 5.41) is 2.98. The van der Waals surface area contributed by atoms with Crippen molar-refractivity contribution in [2.45, 2.75) is 16.8 Å². The molecule has 2 aromatic rings. The third kappa shape index (κ3) is 3.52. The van der Waals surface area contributed by atoms with Gasteiger partial charge in [-0.1, -0.05) is 27.7 Å². The Morgan fingerprint density at radius 1 is 1.60 bits per heavy atom. The van der Waals surface area contributed by atoms with Gasteiger partial charge in [0.15, 0.2) is 4.34 Å². The second-order valence-electron chi connectivity index (χ2n) is 4.51. The zero-order chi connectivity index (χ0) is 13.9. The fraction of sp³-hybridized carbons (Fsp3) is 0.385. The molecule has 1 aliphatic rings. The number of carbonyl (C=O) groups is 1. The zero-order valence-corrected chi connectivity index (χ0v) is 13.8. The van der Waals surface area contributed by atoms with Crippen molar-refractivity contribution in [1.29, 1.82) is 0 Å². The van der Waals surface area contributed by atoms with Gasteiger partial charge in [-0.25, -0.2) is 4.98 Å². The molecule has 1 saturated heterocycles. The number of carbonyl (C=O) groups excluding carboxylic acids is 1. The molecule has 106 valence electrons. The minimum atomic E-state index is 0.0472. The summed E-state index contributed by atoms with van der Waals surface area (Å²) in [5.41, 5.74) is 0.977. The molecule has 1 fully saturated rings. The molecule has 4 nitrogen and oxygen atoms in total. The number of ether oxygens (including phenoxy) is 1. The molecular weight excluding hydrogens is 360 g/mol. The molecule has 1 atom stereocenters. The first kappa shape index (κ1) is 14.3. The maximum atomic E-state index is 11.8. The average molecular weight is 373 g/mol. The summed E-state index contributed by atoms with van der Waals surface area (Å²) in [4.78, 5) is 16.3. The molecule has 0 radical (unpaired) electrons. The first-order valence-corrected chi connectivity index (χ1v) is 8.86. The molecular formula is C13H13BrN2O2S2. The SMILES string of the molecule is O=C(CSc1nc2ccc(Br)cc2s1)N[C@@H]1CCOC1. The molecule has 2 heterocycles. The van der Waals surface area contributed by atoms with E-state index >= 15 is 0 Å². The molecule has 0 spiro atoms. The van der Waals surface area contributed by atoms with E-state index < -0.39 is 0 Å². The minimum absolute atomic E-state index is 0.0472. The van der Waals surface area contributed by atoms with Gasteiger partial charge >= 0.3 is 0 Å². The number of nitrogens with zero attached hydrogens (tertiary/aromatic N) is 1. The summed E-state index contributed by atoms with van der Waals surface area (Å²) in [6, 6.07) is 6.18. The number of aromatic nitrogens is 1. The zero-order valence-electron chi connectivity index (χ0n) is 10.6. The third-order valence-corrected chi connectivity index (χ3v) is 5.61. The number of nitrogens with one attached hydrogen (secondary N) is 1. The first-order valence-electron chi connectivity index (χ1n) is 6.27. The highest BCUT2D eigenvalue weighted by Crippen LogP contribution is 2.31. The van der Waals surface area contributed by atoms with Crippen LogP contribution >= 0.6 is 39.0 Å². The van der Waals surface area contributed by atoms with Gasteiger partial charge in [-0.05, 0) is 24.6 Å². The van der Waals surface area contributed by atoms with Crippen LogP contribution in [0.3, 0.4) is 0 Å². The Labute approximate surface area is 133 Å². The van der Waals surface area contributed by atoms with Gasteiger partial charge in [-0.2, -0.15) is 0 Å². The Morgan fingerprint density at radius 2 is 2.50 bits per heavy atom. The summed E-state index contributed by atoms with van der Waals surface area (Å²) in [6.07, 6.45) is 0.908. The van der Waals surface area contributed by atoms with Gasteiger partial charge in [0.2, 0.25) is 5.91 Å². The van der Waals surface area contributed by atoms with Gasteiger partial charge < -0.3 is 10.1 Å². The normalized spacial score (nSPS) is 18.6. The smallest absolute Gasteiger partial charge is 0.230 e. The van der Waals surface area contributed by atoms with Crippen LogP contribution in [0.15, 0.2) is 27.0 Å². The van der Waals surface area contributed by atoms with Gasteiger partial charge in [-0.15, -0.1) is 11.3 Å². The van der Waals surface area contributed by atoms with E-state index in [2.05, 4.69) is 26.2 Å². The molecule has 1 aliphatic heterocycles. The average Bonchev–Trinajstić information content (AvgIpc) is 3.04. The molecule has 0 aliphatic carbocycles. The Hall–Kier alpha value is -0.630. The fourth-order valence-electron chi connectivity index (χ4n) is 1.98. The molecule has 1 amide bonds. The van der Waals surface area contributed by atoms with Crippen molar-refractivity contribution in [2.24, 2.45) is 0 Å². The van der Waals surface area contributed by atoms with E-state index in [0.717, 1.165) is 32.1 Å². The number of hydrogen-bond donors (Lipinski definition) is 1. The lowest BCUT2D eigenvalue weighted by molar-refractivity contribution is -0.119. The van der Waals surface area contributed by atoms with Crippen LogP contribution in [-0.4, -0.2) is 35.9 Å². The molecule has 3 rings (SSSR count). The van der Waals surface area contributed by atoms with Crippen LogP contribution in [-0.2, 0) is 9.53 Å². The Kier molecular flexibility index (Phi) is 4.60. The van der Waals surface area contributed by atoms with Crippen molar-refractivity contribution in [3.8, 4) is 0 Å². The summed E-state index contributed by atoms with van der Waals surface area (Å²) >= 11 is 6.54. The molecule has 1 N–H and O–H groups in total. The second-order valence-corrected chi connectivity index (χ2v) is 7.68. The number of halogens is 1. The van der Waals surface area contributed by atoms with Gasteiger partial charge in [0.05, 0.1) is 28.6 Å². The summed E-state index contributed by atoms with van der Waals surface area (Å²) in [6.45, 7) is 1.37. The Morgan fingerprint density at radius 3 is 3.30 bits per heavy atom. The van der Waals surface area contributed by atoms with Crippen LogP contribution in [0.4, 0.5) is 0 Å². The number of thiazole rings is 1. The van der Waals surface area contributed by atoms with Crippen molar-refractivity contribution < 1.29 is 9.53 Å². The van der Waals surface area contributed by atoms with E-state index in [4.69, 9.17) is 4.74 Å². The number of benzene rings is 1. The summed E-state index contributed by atoms with van der Waals surface area (Å²) in [7, 11) is 0. The second kappa shape index (κ2) is 6.43. The van der Waals surface area contributed by atoms with Crippen molar-refractivity contribution in [3.63, 3.8) is 0 Å². The first-order chi connectivity index (χ1) is 9.70. The van der Waals surface area contributed by atoms with Crippen molar-refractivity contribution >= 4 is 55.2 Å². The van der Waals surface area contributed by atoms with Gasteiger partial charge in [0.1, 0.15) is 0 Å². The van der Waals surface area contributed by atoms with Crippen molar-refractivity contribution in [2.75, 3.05) is 19.0 Å². The monoisotopic (exact) mass is 372 g/mol. The summed E-state index contributed by atoms with van der Waals surface area (Å²) in [5.74, 6) is 0.447. The number of rotatable bonds is 4. The van der Waals surface area contributed by atoms with Gasteiger partial charge in [0.25, 0.3) is 0 Å². The number of amides is 1. The molecule has 1 aromatic heterocycles. The molecule has 0 bridgehead atoms. The lowest BCUT2D eigenvalue weighted by Crippen LogP contribution is -2.36. The van der Waals surface area contributed by atoms with E-state index in [-0.39, 0.29) is 11.9 Å². The fourth-order valence-corrected chi connectivity index (χ4v) is 4.42. The lowest BCUT2D eigenvalue weighted by atomic mass is 10.3. The number of hydrogen-bond acceptors (Lipinski definition) is 5. The summed E-state index contributed by atoms with van der Waals surface area (Å²) < 4.78 is 8.34. The van der Waals surface area contributed by atoms with Gasteiger partial charge in [-0.3, -0.25) is 4.79 Å². The van der Waals surface area contributed by atoms with Crippen LogP contribution < -0.4 is 5.32 Å². The predicted molar refractivity (Wildman–Crippen MR) is 85.4 cm³/mol. The van der Waals surface area contributed by atoms with Crippen LogP contribution in [0.1, 0.15) is 6.42 Å². The van der Waals surface area contributed by atoms with Crippen molar-refractivity contribution in [1.82, 2.24) is 10.3 Å².